The van der Waals surface area contributed by atoms with Crippen LogP contribution in [0, 0.1) is 0 Å². The Bertz CT molecular complexity index is 421. The molecule has 0 radical (unpaired) electrons. The van der Waals surface area contributed by atoms with Crippen molar-refractivity contribution in [3.63, 3.8) is 0 Å². The summed E-state index contributed by atoms with van der Waals surface area (Å²) in [6.45, 7) is 0. The van der Waals surface area contributed by atoms with Gasteiger partial charge in [-0.05, 0) is 17.7 Å². The highest BCUT2D eigenvalue weighted by Crippen LogP contribution is 2.17. The zero-order valence-electron chi connectivity index (χ0n) is 7.81. The van der Waals surface area contributed by atoms with Crippen molar-refractivity contribution in [1.82, 2.24) is 0 Å². The van der Waals surface area contributed by atoms with Gasteiger partial charge in [0.25, 0.3) is 0 Å². The third-order valence-corrected chi connectivity index (χ3v) is 1.73. The fourth-order valence-electron chi connectivity index (χ4n) is 1.08. The zero-order chi connectivity index (χ0) is 11.4. The van der Waals surface area contributed by atoms with E-state index in [0.717, 1.165) is 6.08 Å². The molecular formula is C10H10N2O3. The SMILES string of the molecule is NC(=O)C=C(C(N)=O)c1ccc(O)cc1. The number of aromatic hydroxyl groups is 1. The van der Waals surface area contributed by atoms with E-state index in [1.807, 2.05) is 0 Å². The summed E-state index contributed by atoms with van der Waals surface area (Å²) in [6, 6.07) is 5.70. The summed E-state index contributed by atoms with van der Waals surface area (Å²) in [6.07, 6.45) is 0.953. The molecule has 0 aliphatic heterocycles. The van der Waals surface area contributed by atoms with Crippen molar-refractivity contribution in [2.45, 2.75) is 0 Å². The summed E-state index contributed by atoms with van der Waals surface area (Å²) in [5, 5.41) is 9.03. The van der Waals surface area contributed by atoms with Crippen LogP contribution in [-0.2, 0) is 9.59 Å². The molecule has 5 N–H and O–H groups in total. The first kappa shape index (κ1) is 10.8. The number of hydrogen-bond acceptors (Lipinski definition) is 3. The van der Waals surface area contributed by atoms with E-state index in [1.54, 1.807) is 0 Å². The molecule has 1 rings (SSSR count). The molecule has 0 aliphatic carbocycles. The van der Waals surface area contributed by atoms with Crippen LogP contribution >= 0.6 is 0 Å². The van der Waals surface area contributed by atoms with E-state index in [2.05, 4.69) is 0 Å². The number of rotatable bonds is 3. The molecule has 5 nitrogen and oxygen atoms in total. The van der Waals surface area contributed by atoms with E-state index in [4.69, 9.17) is 16.6 Å². The number of carbonyl (C=O) groups excluding carboxylic acids is 2. The second-order valence-corrected chi connectivity index (χ2v) is 2.87. The second kappa shape index (κ2) is 4.28. The highest BCUT2D eigenvalue weighted by atomic mass is 16.3. The van der Waals surface area contributed by atoms with Gasteiger partial charge in [0, 0.05) is 6.08 Å². The largest absolute Gasteiger partial charge is 0.508 e. The minimum atomic E-state index is -0.753. The van der Waals surface area contributed by atoms with E-state index in [0.29, 0.717) is 5.56 Å². The van der Waals surface area contributed by atoms with E-state index in [-0.39, 0.29) is 11.3 Å². The molecule has 0 fully saturated rings. The minimum absolute atomic E-state index is 0.0162. The van der Waals surface area contributed by atoms with Gasteiger partial charge in [-0.3, -0.25) is 9.59 Å². The average Bonchev–Trinajstić information content (AvgIpc) is 2.15. The first-order valence-electron chi connectivity index (χ1n) is 4.11. The summed E-state index contributed by atoms with van der Waals surface area (Å²) in [4.78, 5) is 21.6. The quantitative estimate of drug-likeness (QED) is 0.593. The summed E-state index contributed by atoms with van der Waals surface area (Å²) in [5.41, 5.74) is 10.4. The van der Waals surface area contributed by atoms with Crippen molar-refractivity contribution >= 4 is 17.4 Å². The lowest BCUT2D eigenvalue weighted by atomic mass is 10.0. The molecule has 0 saturated heterocycles. The first-order valence-corrected chi connectivity index (χ1v) is 4.11. The number of hydrogen-bond donors (Lipinski definition) is 3. The number of phenolic OH excluding ortho intramolecular Hbond substituents is 1. The Kier molecular flexibility index (Phi) is 3.07. The molecule has 1 aromatic carbocycles. The molecule has 0 atom stereocenters. The van der Waals surface area contributed by atoms with Crippen LogP contribution < -0.4 is 11.5 Å². The molecule has 15 heavy (non-hydrogen) atoms. The zero-order valence-corrected chi connectivity index (χ0v) is 7.81. The van der Waals surface area contributed by atoms with Crippen molar-refractivity contribution < 1.29 is 14.7 Å². The van der Waals surface area contributed by atoms with Crippen molar-refractivity contribution in [2.24, 2.45) is 11.5 Å². The van der Waals surface area contributed by atoms with Crippen LogP contribution in [0.25, 0.3) is 5.57 Å². The number of benzene rings is 1. The molecule has 2 amide bonds. The Labute approximate surface area is 86.0 Å². The Morgan fingerprint density at radius 2 is 1.67 bits per heavy atom. The number of amides is 2. The van der Waals surface area contributed by atoms with Crippen LogP contribution in [0.3, 0.4) is 0 Å². The molecule has 0 saturated carbocycles. The average molecular weight is 206 g/mol. The van der Waals surface area contributed by atoms with Crippen molar-refractivity contribution in [1.29, 1.82) is 0 Å². The predicted octanol–water partition coefficient (Wildman–Crippen LogP) is -0.254. The standard InChI is InChI=1S/C10H10N2O3/c11-9(14)5-8(10(12)15)6-1-3-7(13)4-2-6/h1-5,13H,(H2,11,14)(H2,12,15). The molecule has 0 heterocycles. The summed E-state index contributed by atoms with van der Waals surface area (Å²) < 4.78 is 0. The van der Waals surface area contributed by atoms with Crippen molar-refractivity contribution in [3.8, 4) is 5.75 Å². The van der Waals surface area contributed by atoms with Crippen LogP contribution in [0.2, 0.25) is 0 Å². The van der Waals surface area contributed by atoms with Gasteiger partial charge in [0.05, 0.1) is 5.57 Å². The molecule has 5 heteroatoms. The lowest BCUT2D eigenvalue weighted by Crippen LogP contribution is -2.16. The Morgan fingerprint density at radius 3 is 2.07 bits per heavy atom. The van der Waals surface area contributed by atoms with Crippen molar-refractivity contribution in [3.05, 3.63) is 35.9 Å². The van der Waals surface area contributed by atoms with Gasteiger partial charge >= 0.3 is 0 Å². The highest BCUT2D eigenvalue weighted by Gasteiger charge is 2.09. The van der Waals surface area contributed by atoms with E-state index in [1.165, 1.54) is 24.3 Å². The van der Waals surface area contributed by atoms with Gasteiger partial charge in [-0.15, -0.1) is 0 Å². The molecule has 0 bridgehead atoms. The third kappa shape index (κ3) is 2.84. The summed E-state index contributed by atoms with van der Waals surface area (Å²) in [5.74, 6) is -1.45. The van der Waals surface area contributed by atoms with Gasteiger partial charge in [-0.2, -0.15) is 0 Å². The smallest absolute Gasteiger partial charge is 0.249 e. The second-order valence-electron chi connectivity index (χ2n) is 2.87. The third-order valence-electron chi connectivity index (χ3n) is 1.73. The molecule has 78 valence electrons. The summed E-state index contributed by atoms with van der Waals surface area (Å²) >= 11 is 0. The van der Waals surface area contributed by atoms with Crippen molar-refractivity contribution in [2.75, 3.05) is 0 Å². The van der Waals surface area contributed by atoms with Crippen LogP contribution in [0.5, 0.6) is 5.75 Å². The number of nitrogens with two attached hydrogens (primary N) is 2. The maximum Gasteiger partial charge on any atom is 0.249 e. The number of carbonyl (C=O) groups is 2. The maximum atomic E-state index is 11.0. The number of primary amides is 2. The van der Waals surface area contributed by atoms with Crippen LogP contribution in [0.15, 0.2) is 30.3 Å². The van der Waals surface area contributed by atoms with Gasteiger partial charge in [-0.1, -0.05) is 12.1 Å². The lowest BCUT2D eigenvalue weighted by molar-refractivity contribution is -0.115. The maximum absolute atomic E-state index is 11.0. The first-order chi connectivity index (χ1) is 7.00. The Hall–Kier alpha value is -2.30. The van der Waals surface area contributed by atoms with Crippen LogP contribution in [0.4, 0.5) is 0 Å². The van der Waals surface area contributed by atoms with Crippen LogP contribution in [-0.4, -0.2) is 16.9 Å². The number of phenols is 1. The molecule has 0 aliphatic rings. The fraction of sp³-hybridized carbons (Fsp3) is 0. The molecule has 0 spiro atoms. The Balaban J connectivity index is 3.16. The molecule has 0 aromatic heterocycles. The Morgan fingerprint density at radius 1 is 1.13 bits per heavy atom. The fourth-order valence-corrected chi connectivity index (χ4v) is 1.08. The minimum Gasteiger partial charge on any atom is -0.508 e. The van der Waals surface area contributed by atoms with Gasteiger partial charge in [0.1, 0.15) is 5.75 Å². The van der Waals surface area contributed by atoms with Gasteiger partial charge in [-0.25, -0.2) is 0 Å². The molecule has 0 unspecified atom stereocenters. The molecular weight excluding hydrogens is 196 g/mol. The monoisotopic (exact) mass is 206 g/mol. The van der Waals surface area contributed by atoms with E-state index >= 15 is 0 Å². The van der Waals surface area contributed by atoms with Crippen LogP contribution in [0.1, 0.15) is 5.56 Å². The van der Waals surface area contributed by atoms with Gasteiger partial charge in [0.2, 0.25) is 11.8 Å². The lowest BCUT2D eigenvalue weighted by Gasteiger charge is -2.02. The van der Waals surface area contributed by atoms with E-state index in [9.17, 15) is 9.59 Å². The van der Waals surface area contributed by atoms with Gasteiger partial charge in [0.15, 0.2) is 0 Å². The predicted molar refractivity (Wildman–Crippen MR) is 54.5 cm³/mol. The highest BCUT2D eigenvalue weighted by molar-refractivity contribution is 6.22. The normalized spacial score (nSPS) is 11.1. The van der Waals surface area contributed by atoms with E-state index < -0.39 is 11.8 Å². The molecule has 1 aromatic rings. The topological polar surface area (TPSA) is 106 Å². The van der Waals surface area contributed by atoms with Gasteiger partial charge < -0.3 is 16.6 Å². The summed E-state index contributed by atoms with van der Waals surface area (Å²) in [7, 11) is 0.